The molecule has 0 radical (unpaired) electrons. The first-order valence-electron chi connectivity index (χ1n) is 10.1. The predicted octanol–water partition coefficient (Wildman–Crippen LogP) is 3.02. The van der Waals surface area contributed by atoms with Gasteiger partial charge >= 0.3 is 0 Å². The van der Waals surface area contributed by atoms with Crippen molar-refractivity contribution in [2.24, 2.45) is 11.8 Å². The number of hydrogen-bond acceptors (Lipinski definition) is 4. The van der Waals surface area contributed by atoms with Gasteiger partial charge in [-0.15, -0.1) is 0 Å². The summed E-state index contributed by atoms with van der Waals surface area (Å²) < 4.78 is 11.5. The smallest absolute Gasteiger partial charge is 0.123 e. The SMILES string of the molecule is c1ccc(OCC2CC2)c(CN2CCC(CN3CCOCC3)CC2)c1. The molecule has 0 amide bonds. The summed E-state index contributed by atoms with van der Waals surface area (Å²) in [6.07, 6.45) is 5.34. The molecular formula is C21H32N2O2. The molecular weight excluding hydrogens is 312 g/mol. The van der Waals surface area contributed by atoms with Crippen molar-refractivity contribution in [3.63, 3.8) is 0 Å². The van der Waals surface area contributed by atoms with Gasteiger partial charge in [0.1, 0.15) is 5.75 Å². The second kappa shape index (κ2) is 8.52. The number of benzene rings is 1. The molecule has 3 aliphatic rings. The molecule has 25 heavy (non-hydrogen) atoms. The summed E-state index contributed by atoms with van der Waals surface area (Å²) in [7, 11) is 0. The number of para-hydroxylation sites is 1. The first kappa shape index (κ1) is 17.3. The van der Waals surface area contributed by atoms with Crippen molar-refractivity contribution >= 4 is 0 Å². The molecule has 4 nitrogen and oxygen atoms in total. The molecule has 2 aliphatic heterocycles. The number of ether oxygens (including phenoxy) is 2. The minimum atomic E-state index is 0.809. The van der Waals surface area contributed by atoms with Crippen LogP contribution in [0.3, 0.4) is 0 Å². The predicted molar refractivity (Wildman–Crippen MR) is 99.9 cm³/mol. The van der Waals surface area contributed by atoms with Gasteiger partial charge in [0.2, 0.25) is 0 Å². The van der Waals surface area contributed by atoms with Crippen molar-refractivity contribution < 1.29 is 9.47 Å². The van der Waals surface area contributed by atoms with Crippen LogP contribution in [0.15, 0.2) is 24.3 Å². The standard InChI is InChI=1S/C21H32N2O2/c1-2-4-21(25-17-19-5-6-19)20(3-1)16-22-9-7-18(8-10-22)15-23-11-13-24-14-12-23/h1-4,18-19H,5-17H2. The summed E-state index contributed by atoms with van der Waals surface area (Å²) in [5.74, 6) is 2.77. The third-order valence-electron chi connectivity index (χ3n) is 5.87. The quantitative estimate of drug-likeness (QED) is 0.759. The largest absolute Gasteiger partial charge is 0.493 e. The zero-order chi connectivity index (χ0) is 16.9. The Balaban J connectivity index is 1.24. The lowest BCUT2D eigenvalue weighted by molar-refractivity contribution is 0.0242. The van der Waals surface area contributed by atoms with Gasteiger partial charge in [0.15, 0.2) is 0 Å². The van der Waals surface area contributed by atoms with Crippen LogP contribution in [0.25, 0.3) is 0 Å². The maximum Gasteiger partial charge on any atom is 0.123 e. The molecule has 2 saturated heterocycles. The maximum absolute atomic E-state index is 6.08. The Morgan fingerprint density at radius 3 is 2.40 bits per heavy atom. The van der Waals surface area contributed by atoms with Crippen molar-refractivity contribution in [2.45, 2.75) is 32.2 Å². The van der Waals surface area contributed by atoms with Crippen LogP contribution in [-0.2, 0) is 11.3 Å². The molecule has 4 heteroatoms. The molecule has 0 unspecified atom stereocenters. The minimum absolute atomic E-state index is 0.809. The molecule has 0 bridgehead atoms. The highest BCUT2D eigenvalue weighted by atomic mass is 16.5. The fourth-order valence-electron chi connectivity index (χ4n) is 3.98. The van der Waals surface area contributed by atoms with Crippen LogP contribution in [0.5, 0.6) is 5.75 Å². The van der Waals surface area contributed by atoms with Crippen LogP contribution in [0.2, 0.25) is 0 Å². The van der Waals surface area contributed by atoms with E-state index in [1.54, 1.807) is 0 Å². The molecule has 1 saturated carbocycles. The Hall–Kier alpha value is -1.10. The highest BCUT2D eigenvalue weighted by Gasteiger charge is 2.24. The third kappa shape index (κ3) is 5.19. The van der Waals surface area contributed by atoms with E-state index in [0.717, 1.165) is 57.0 Å². The third-order valence-corrected chi connectivity index (χ3v) is 5.87. The van der Waals surface area contributed by atoms with E-state index in [0.29, 0.717) is 0 Å². The Labute approximate surface area is 152 Å². The van der Waals surface area contributed by atoms with Crippen molar-refractivity contribution in [2.75, 3.05) is 52.5 Å². The lowest BCUT2D eigenvalue weighted by Gasteiger charge is -2.36. The average Bonchev–Trinajstić information content (AvgIpc) is 3.48. The van der Waals surface area contributed by atoms with Crippen LogP contribution in [-0.4, -0.2) is 62.3 Å². The van der Waals surface area contributed by atoms with Gasteiger partial charge in [-0.1, -0.05) is 18.2 Å². The maximum atomic E-state index is 6.08. The van der Waals surface area contributed by atoms with Crippen molar-refractivity contribution in [1.82, 2.24) is 9.80 Å². The average molecular weight is 344 g/mol. The van der Waals surface area contributed by atoms with E-state index in [1.165, 1.54) is 50.9 Å². The monoisotopic (exact) mass is 344 g/mol. The molecule has 0 aromatic heterocycles. The normalized spacial score (nSPS) is 23.7. The zero-order valence-electron chi connectivity index (χ0n) is 15.4. The Morgan fingerprint density at radius 1 is 0.880 bits per heavy atom. The molecule has 1 aromatic rings. The molecule has 138 valence electrons. The topological polar surface area (TPSA) is 24.9 Å². The molecule has 0 N–H and O–H groups in total. The highest BCUT2D eigenvalue weighted by Crippen LogP contribution is 2.31. The van der Waals surface area contributed by atoms with Crippen molar-refractivity contribution in [1.29, 1.82) is 0 Å². The van der Waals surface area contributed by atoms with E-state index in [4.69, 9.17) is 9.47 Å². The van der Waals surface area contributed by atoms with Gasteiger partial charge in [-0.05, 0) is 56.7 Å². The van der Waals surface area contributed by atoms with Crippen LogP contribution in [0.1, 0.15) is 31.2 Å². The van der Waals surface area contributed by atoms with E-state index in [2.05, 4.69) is 34.1 Å². The summed E-state index contributed by atoms with van der Waals surface area (Å²) in [4.78, 5) is 5.19. The number of piperidine rings is 1. The highest BCUT2D eigenvalue weighted by molar-refractivity contribution is 5.33. The van der Waals surface area contributed by atoms with Gasteiger partial charge in [0, 0.05) is 31.7 Å². The number of morpholine rings is 1. The molecule has 3 fully saturated rings. The van der Waals surface area contributed by atoms with E-state index in [-0.39, 0.29) is 0 Å². The summed E-state index contributed by atoms with van der Waals surface area (Å²) >= 11 is 0. The van der Waals surface area contributed by atoms with Crippen LogP contribution >= 0.6 is 0 Å². The van der Waals surface area contributed by atoms with Gasteiger partial charge in [0.25, 0.3) is 0 Å². The first-order valence-corrected chi connectivity index (χ1v) is 10.1. The number of nitrogens with zero attached hydrogens (tertiary/aromatic N) is 2. The molecule has 1 aromatic carbocycles. The number of likely N-dealkylation sites (tertiary alicyclic amines) is 1. The lowest BCUT2D eigenvalue weighted by Crippen LogP contribution is -2.42. The van der Waals surface area contributed by atoms with E-state index in [1.807, 2.05) is 0 Å². The molecule has 4 rings (SSSR count). The Morgan fingerprint density at radius 2 is 1.64 bits per heavy atom. The summed E-state index contributed by atoms with van der Waals surface area (Å²) in [6.45, 7) is 9.69. The second-order valence-corrected chi connectivity index (χ2v) is 7.99. The number of hydrogen-bond donors (Lipinski definition) is 0. The fraction of sp³-hybridized carbons (Fsp3) is 0.714. The van der Waals surface area contributed by atoms with Gasteiger partial charge in [0.05, 0.1) is 19.8 Å². The molecule has 0 spiro atoms. The summed E-state index contributed by atoms with van der Waals surface area (Å²) in [5, 5.41) is 0. The van der Waals surface area contributed by atoms with E-state index < -0.39 is 0 Å². The lowest BCUT2D eigenvalue weighted by atomic mass is 9.95. The van der Waals surface area contributed by atoms with Crippen molar-refractivity contribution in [3.8, 4) is 5.75 Å². The van der Waals surface area contributed by atoms with Crippen LogP contribution in [0.4, 0.5) is 0 Å². The summed E-state index contributed by atoms with van der Waals surface area (Å²) in [5.41, 5.74) is 1.36. The first-order chi connectivity index (χ1) is 12.4. The molecule has 2 heterocycles. The minimum Gasteiger partial charge on any atom is -0.493 e. The Bertz CT molecular complexity index is 532. The zero-order valence-corrected chi connectivity index (χ0v) is 15.4. The molecule has 0 atom stereocenters. The molecule has 1 aliphatic carbocycles. The Kier molecular flexibility index (Phi) is 5.90. The summed E-state index contributed by atoms with van der Waals surface area (Å²) in [6, 6.07) is 8.62. The van der Waals surface area contributed by atoms with Gasteiger partial charge < -0.3 is 9.47 Å². The van der Waals surface area contributed by atoms with Gasteiger partial charge in [-0.25, -0.2) is 0 Å². The van der Waals surface area contributed by atoms with Gasteiger partial charge in [-0.3, -0.25) is 9.80 Å². The van der Waals surface area contributed by atoms with Gasteiger partial charge in [-0.2, -0.15) is 0 Å². The van der Waals surface area contributed by atoms with Crippen LogP contribution < -0.4 is 4.74 Å². The fourth-order valence-corrected chi connectivity index (χ4v) is 3.98. The van der Waals surface area contributed by atoms with E-state index >= 15 is 0 Å². The van der Waals surface area contributed by atoms with Crippen LogP contribution in [0, 0.1) is 11.8 Å². The van der Waals surface area contributed by atoms with Crippen molar-refractivity contribution in [3.05, 3.63) is 29.8 Å². The number of rotatable bonds is 7. The second-order valence-electron chi connectivity index (χ2n) is 7.99. The van der Waals surface area contributed by atoms with E-state index in [9.17, 15) is 0 Å².